The number of aromatic nitrogens is 5. The normalized spacial score (nSPS) is 15.9. The fourth-order valence-electron chi connectivity index (χ4n) is 4.62. The summed E-state index contributed by atoms with van der Waals surface area (Å²) in [4.78, 5) is 18.4. The molecule has 36 heavy (non-hydrogen) atoms. The molecule has 0 unspecified atom stereocenters. The van der Waals surface area contributed by atoms with E-state index in [4.69, 9.17) is 0 Å². The Morgan fingerprint density at radius 1 is 1.19 bits per heavy atom. The van der Waals surface area contributed by atoms with E-state index in [1.165, 1.54) is 13.1 Å². The van der Waals surface area contributed by atoms with Gasteiger partial charge in [-0.1, -0.05) is 11.8 Å². The van der Waals surface area contributed by atoms with Crippen LogP contribution in [0.4, 0.5) is 8.78 Å². The molecule has 8 nitrogen and oxygen atoms in total. The number of piperidine rings is 1. The number of rotatable bonds is 4. The number of carbonyl (C=O) groups excluding carboxylic acids is 1. The van der Waals surface area contributed by atoms with E-state index >= 15 is 0 Å². The van der Waals surface area contributed by atoms with Crippen molar-refractivity contribution in [2.24, 2.45) is 0 Å². The van der Waals surface area contributed by atoms with Crippen molar-refractivity contribution in [3.8, 4) is 17.2 Å². The van der Waals surface area contributed by atoms with Crippen LogP contribution in [-0.2, 0) is 4.79 Å². The maximum absolute atomic E-state index is 14.6. The molecule has 4 aromatic rings. The summed E-state index contributed by atoms with van der Waals surface area (Å²) in [6.45, 7) is 6.39. The summed E-state index contributed by atoms with van der Waals surface area (Å²) < 4.78 is 31.9. The van der Waals surface area contributed by atoms with Crippen LogP contribution in [0, 0.1) is 36.8 Å². The minimum absolute atomic E-state index is 0.0111. The van der Waals surface area contributed by atoms with Gasteiger partial charge in [-0.3, -0.25) is 9.48 Å². The molecule has 0 spiro atoms. The minimum atomic E-state index is -0.777. The largest absolute Gasteiger partial charge is 0.341 e. The summed E-state index contributed by atoms with van der Waals surface area (Å²) in [5.41, 5.74) is 3.50. The minimum Gasteiger partial charge on any atom is -0.341 e. The standard InChI is InChI=1S/C25H23F2N7OS/c1-14-21(26)8-22(27)25(31-14)36-23-7-17(12-33-24(23)18(9-28)10-29-33)20-11-30-34(15(20)2)19-5-4-6-32(13-19)16(3)35/h7-8,10-12,19H,4-6,13H2,1-3H3/t19-/m0/s1. The first-order valence-electron chi connectivity index (χ1n) is 11.5. The molecule has 1 atom stereocenters. The van der Waals surface area contributed by atoms with Crippen molar-refractivity contribution in [3.05, 3.63) is 59.3 Å². The van der Waals surface area contributed by atoms with E-state index in [2.05, 4.69) is 21.3 Å². The zero-order chi connectivity index (χ0) is 25.6. The summed E-state index contributed by atoms with van der Waals surface area (Å²) >= 11 is 1.02. The van der Waals surface area contributed by atoms with E-state index in [0.717, 1.165) is 54.0 Å². The molecule has 1 fully saturated rings. The van der Waals surface area contributed by atoms with Gasteiger partial charge in [0.25, 0.3) is 0 Å². The van der Waals surface area contributed by atoms with E-state index in [1.807, 2.05) is 22.6 Å². The second kappa shape index (κ2) is 9.35. The number of likely N-dealkylation sites (tertiary alicyclic amines) is 1. The Bertz CT molecular complexity index is 1540. The molecule has 0 bridgehead atoms. The van der Waals surface area contributed by atoms with Crippen molar-refractivity contribution in [2.75, 3.05) is 13.1 Å². The third-order valence-corrected chi connectivity index (χ3v) is 7.53. The van der Waals surface area contributed by atoms with Gasteiger partial charge in [-0.05, 0) is 32.8 Å². The molecule has 0 aromatic carbocycles. The van der Waals surface area contributed by atoms with Gasteiger partial charge in [0.1, 0.15) is 16.9 Å². The number of hydrogen-bond acceptors (Lipinski definition) is 6. The average Bonchev–Trinajstić information content (AvgIpc) is 3.45. The van der Waals surface area contributed by atoms with Gasteiger partial charge in [0, 0.05) is 54.0 Å². The second-order valence-electron chi connectivity index (χ2n) is 8.85. The van der Waals surface area contributed by atoms with Crippen molar-refractivity contribution < 1.29 is 13.6 Å². The van der Waals surface area contributed by atoms with Crippen LogP contribution in [0.25, 0.3) is 16.6 Å². The summed E-state index contributed by atoms with van der Waals surface area (Å²) in [5.74, 6) is -1.44. The highest BCUT2D eigenvalue weighted by atomic mass is 32.2. The maximum atomic E-state index is 14.6. The van der Waals surface area contributed by atoms with E-state index < -0.39 is 11.6 Å². The zero-order valence-corrected chi connectivity index (χ0v) is 20.8. The first kappa shape index (κ1) is 23.9. The predicted octanol–water partition coefficient (Wildman–Crippen LogP) is 4.69. The Hall–Kier alpha value is -3.78. The van der Waals surface area contributed by atoms with Gasteiger partial charge in [0.15, 0.2) is 5.82 Å². The van der Waals surface area contributed by atoms with Gasteiger partial charge < -0.3 is 4.90 Å². The van der Waals surface area contributed by atoms with Crippen molar-refractivity contribution in [1.29, 1.82) is 5.26 Å². The first-order valence-corrected chi connectivity index (χ1v) is 12.3. The summed E-state index contributed by atoms with van der Waals surface area (Å²) in [6.07, 6.45) is 6.86. The van der Waals surface area contributed by atoms with Crippen LogP contribution in [-0.4, -0.2) is 48.3 Å². The molecular weight excluding hydrogens is 484 g/mol. The lowest BCUT2D eigenvalue weighted by atomic mass is 10.0. The van der Waals surface area contributed by atoms with Crippen molar-refractivity contribution in [1.82, 2.24) is 29.3 Å². The third kappa shape index (κ3) is 4.22. The summed E-state index contributed by atoms with van der Waals surface area (Å²) in [7, 11) is 0. The molecule has 0 radical (unpaired) electrons. The van der Waals surface area contributed by atoms with Crippen LogP contribution in [0.5, 0.6) is 0 Å². The molecule has 4 aromatic heterocycles. The fraction of sp³-hybridized carbons (Fsp3) is 0.320. The maximum Gasteiger partial charge on any atom is 0.219 e. The fourth-order valence-corrected chi connectivity index (χ4v) is 5.65. The average molecular weight is 508 g/mol. The smallest absolute Gasteiger partial charge is 0.219 e. The monoisotopic (exact) mass is 507 g/mol. The molecule has 1 aliphatic heterocycles. The van der Waals surface area contributed by atoms with Gasteiger partial charge >= 0.3 is 0 Å². The van der Waals surface area contributed by atoms with Gasteiger partial charge in [0.2, 0.25) is 5.91 Å². The number of amides is 1. The molecule has 0 saturated carbocycles. The SMILES string of the molecule is CC(=O)N1CCC[C@H](n2ncc(-c3cc(Sc4nc(C)c(F)cc4F)c4c(C#N)cnn4c3)c2C)C1. The number of pyridine rings is 2. The highest BCUT2D eigenvalue weighted by Gasteiger charge is 2.26. The van der Waals surface area contributed by atoms with Crippen LogP contribution in [0.2, 0.25) is 0 Å². The molecule has 11 heteroatoms. The summed E-state index contributed by atoms with van der Waals surface area (Å²) in [5, 5.41) is 18.6. The highest BCUT2D eigenvalue weighted by molar-refractivity contribution is 7.99. The van der Waals surface area contributed by atoms with Gasteiger partial charge in [-0.2, -0.15) is 15.5 Å². The van der Waals surface area contributed by atoms with Gasteiger partial charge in [0.05, 0.1) is 35.2 Å². The molecule has 1 amide bonds. The van der Waals surface area contributed by atoms with Crippen LogP contribution in [0.3, 0.4) is 0 Å². The lowest BCUT2D eigenvalue weighted by molar-refractivity contribution is -0.130. The Labute approximate surface area is 210 Å². The van der Waals surface area contributed by atoms with Crippen LogP contribution < -0.4 is 0 Å². The Kier molecular flexibility index (Phi) is 6.22. The topological polar surface area (TPSA) is 92.1 Å². The molecule has 5 rings (SSSR count). The Balaban J connectivity index is 1.58. The first-order chi connectivity index (χ1) is 17.3. The Morgan fingerprint density at radius 3 is 2.75 bits per heavy atom. The molecule has 5 heterocycles. The van der Waals surface area contributed by atoms with Crippen LogP contribution in [0.1, 0.15) is 42.8 Å². The highest BCUT2D eigenvalue weighted by Crippen LogP contribution is 2.37. The van der Waals surface area contributed by atoms with Gasteiger partial charge in [-0.15, -0.1) is 0 Å². The van der Waals surface area contributed by atoms with Crippen molar-refractivity contribution in [3.63, 3.8) is 0 Å². The number of hydrogen-bond donors (Lipinski definition) is 0. The van der Waals surface area contributed by atoms with E-state index in [9.17, 15) is 18.8 Å². The number of nitriles is 1. The lowest BCUT2D eigenvalue weighted by Crippen LogP contribution is -2.39. The number of nitrogens with zero attached hydrogens (tertiary/aromatic N) is 7. The Morgan fingerprint density at radius 2 is 2.00 bits per heavy atom. The molecule has 1 aliphatic rings. The van der Waals surface area contributed by atoms with E-state index in [-0.39, 0.29) is 22.7 Å². The lowest BCUT2D eigenvalue weighted by Gasteiger charge is -2.32. The van der Waals surface area contributed by atoms with Gasteiger partial charge in [-0.25, -0.2) is 18.3 Å². The second-order valence-corrected chi connectivity index (χ2v) is 9.88. The predicted molar refractivity (Wildman–Crippen MR) is 129 cm³/mol. The van der Waals surface area contributed by atoms with Crippen molar-refractivity contribution in [2.45, 2.75) is 49.6 Å². The number of fused-ring (bicyclic) bond motifs is 1. The number of halogens is 2. The third-order valence-electron chi connectivity index (χ3n) is 6.52. The van der Waals surface area contributed by atoms with E-state index in [0.29, 0.717) is 22.5 Å². The molecule has 0 N–H and O–H groups in total. The molecule has 1 saturated heterocycles. The quantitative estimate of drug-likeness (QED) is 0.398. The van der Waals surface area contributed by atoms with Crippen LogP contribution in [0.15, 0.2) is 40.6 Å². The molecule has 184 valence electrons. The summed E-state index contributed by atoms with van der Waals surface area (Å²) in [6, 6.07) is 4.86. The van der Waals surface area contributed by atoms with Crippen molar-refractivity contribution >= 4 is 23.2 Å². The van der Waals surface area contributed by atoms with E-state index in [1.54, 1.807) is 23.8 Å². The number of carbonyl (C=O) groups is 1. The van der Waals surface area contributed by atoms with Crippen LogP contribution >= 0.6 is 11.8 Å². The molecular formula is C25H23F2N7OS. The zero-order valence-electron chi connectivity index (χ0n) is 20.0. The number of aryl methyl sites for hydroxylation is 1. The molecule has 0 aliphatic carbocycles.